The normalized spacial score (nSPS) is 10.4. The van der Waals surface area contributed by atoms with Crippen molar-refractivity contribution in [3.8, 4) is 34.2 Å². The maximum absolute atomic E-state index is 10.4. The van der Waals surface area contributed by atoms with Gasteiger partial charge in [0.15, 0.2) is 0 Å². The monoisotopic (exact) mass is 371 g/mol. The highest BCUT2D eigenvalue weighted by molar-refractivity contribution is 6.35. The van der Waals surface area contributed by atoms with Crippen LogP contribution in [0.25, 0.3) is 22.4 Å². The summed E-state index contributed by atoms with van der Waals surface area (Å²) in [6, 6.07) is 11.9. The van der Waals surface area contributed by atoms with Crippen LogP contribution in [0.15, 0.2) is 36.4 Å². The third kappa shape index (κ3) is 3.29. The number of nitrogens with two attached hydrogens (primary N) is 2. The van der Waals surface area contributed by atoms with Crippen LogP contribution in [0.4, 0.5) is 11.8 Å². The van der Waals surface area contributed by atoms with Gasteiger partial charge in [-0.3, -0.25) is 0 Å². The summed E-state index contributed by atoms with van der Waals surface area (Å²) in [6.07, 6.45) is 0. The first kappa shape index (κ1) is 16.8. The molecule has 1 heterocycles. The van der Waals surface area contributed by atoms with Crippen LogP contribution in [0.2, 0.25) is 10.0 Å². The third-order valence-corrected chi connectivity index (χ3v) is 3.95. The summed E-state index contributed by atoms with van der Waals surface area (Å²) < 4.78 is 0. The van der Waals surface area contributed by atoms with Gasteiger partial charge in [-0.15, -0.1) is 0 Å². The molecule has 0 spiro atoms. The van der Waals surface area contributed by atoms with Gasteiger partial charge in [0.05, 0.1) is 5.69 Å². The predicted octanol–water partition coefficient (Wildman–Crippen LogP) is 3.86. The summed E-state index contributed by atoms with van der Waals surface area (Å²) in [4.78, 5) is 7.78. The maximum atomic E-state index is 10.4. The van der Waals surface area contributed by atoms with E-state index in [1.54, 1.807) is 30.3 Å². The first-order chi connectivity index (χ1) is 11.9. The minimum atomic E-state index is -0.0948. The first-order valence-corrected chi connectivity index (χ1v) is 7.77. The fourth-order valence-corrected chi connectivity index (χ4v) is 2.96. The highest BCUT2D eigenvalue weighted by Gasteiger charge is 2.17. The highest BCUT2D eigenvalue weighted by atomic mass is 35.5. The van der Waals surface area contributed by atoms with Crippen LogP contribution in [0.3, 0.4) is 0 Å². The van der Waals surface area contributed by atoms with Gasteiger partial charge in [-0.2, -0.15) is 10.2 Å². The number of nitrogens with zero attached hydrogens (tertiary/aromatic N) is 3. The summed E-state index contributed by atoms with van der Waals surface area (Å²) >= 11 is 12.0. The van der Waals surface area contributed by atoms with Gasteiger partial charge >= 0.3 is 0 Å². The van der Waals surface area contributed by atoms with Gasteiger partial charge in [-0.05, 0) is 41.5 Å². The highest BCUT2D eigenvalue weighted by Crippen LogP contribution is 2.36. The third-order valence-electron chi connectivity index (χ3n) is 3.51. The van der Waals surface area contributed by atoms with Gasteiger partial charge in [-0.1, -0.05) is 29.3 Å². The van der Waals surface area contributed by atoms with Crippen molar-refractivity contribution in [2.45, 2.75) is 0 Å². The van der Waals surface area contributed by atoms with Crippen LogP contribution in [-0.2, 0) is 0 Å². The largest absolute Gasteiger partial charge is 0.507 e. The van der Waals surface area contributed by atoms with Crippen LogP contribution < -0.4 is 11.5 Å². The number of aromatic hydroxyl groups is 1. The quantitative estimate of drug-likeness (QED) is 0.628. The molecule has 0 fully saturated rings. The molecule has 0 atom stereocenters. The second kappa shape index (κ2) is 6.48. The molecule has 0 bridgehead atoms. The lowest BCUT2D eigenvalue weighted by molar-refractivity contribution is 0.477. The van der Waals surface area contributed by atoms with Gasteiger partial charge < -0.3 is 16.6 Å². The molecule has 0 saturated carbocycles. The van der Waals surface area contributed by atoms with E-state index in [1.807, 2.05) is 6.07 Å². The second-order valence-electron chi connectivity index (χ2n) is 5.19. The summed E-state index contributed by atoms with van der Waals surface area (Å²) in [5.41, 5.74) is 13.3. The van der Waals surface area contributed by atoms with Gasteiger partial charge in [-0.25, -0.2) is 4.98 Å². The molecule has 5 N–H and O–H groups in total. The Bertz CT molecular complexity index is 1010. The molecule has 8 heteroatoms. The fourth-order valence-electron chi connectivity index (χ4n) is 2.43. The van der Waals surface area contributed by atoms with Crippen molar-refractivity contribution < 1.29 is 5.11 Å². The van der Waals surface area contributed by atoms with Gasteiger partial charge in [0.25, 0.3) is 0 Å². The van der Waals surface area contributed by atoms with E-state index in [1.165, 1.54) is 6.07 Å². The molecule has 0 aliphatic carbocycles. The van der Waals surface area contributed by atoms with E-state index in [0.717, 1.165) is 5.56 Å². The van der Waals surface area contributed by atoms with Crippen molar-refractivity contribution in [2.75, 3.05) is 11.5 Å². The lowest BCUT2D eigenvalue weighted by Gasteiger charge is -2.10. The number of hydrogen-bond acceptors (Lipinski definition) is 6. The molecule has 0 radical (unpaired) electrons. The predicted molar refractivity (Wildman–Crippen MR) is 98.1 cm³/mol. The van der Waals surface area contributed by atoms with Gasteiger partial charge in [0.1, 0.15) is 23.2 Å². The van der Waals surface area contributed by atoms with Crippen LogP contribution in [0.5, 0.6) is 5.75 Å². The van der Waals surface area contributed by atoms with Crippen molar-refractivity contribution >= 4 is 35.0 Å². The van der Waals surface area contributed by atoms with Crippen molar-refractivity contribution in [3.05, 3.63) is 52.0 Å². The number of halogens is 2. The molecule has 3 aromatic rings. The van der Waals surface area contributed by atoms with E-state index < -0.39 is 0 Å². The number of aromatic nitrogens is 2. The van der Waals surface area contributed by atoms with Crippen molar-refractivity contribution in [1.29, 1.82) is 5.26 Å². The molecule has 3 rings (SSSR count). The molecule has 0 aliphatic heterocycles. The average molecular weight is 372 g/mol. The summed E-state index contributed by atoms with van der Waals surface area (Å²) in [6.45, 7) is 0. The fraction of sp³-hybridized carbons (Fsp3) is 0. The number of anilines is 2. The van der Waals surface area contributed by atoms with Crippen LogP contribution in [-0.4, -0.2) is 15.1 Å². The Morgan fingerprint density at radius 3 is 2.24 bits per heavy atom. The van der Waals surface area contributed by atoms with E-state index in [-0.39, 0.29) is 28.8 Å². The van der Waals surface area contributed by atoms with Crippen LogP contribution in [0.1, 0.15) is 5.56 Å². The van der Waals surface area contributed by atoms with Crippen molar-refractivity contribution in [2.24, 2.45) is 0 Å². The average Bonchev–Trinajstić information content (AvgIpc) is 2.53. The van der Waals surface area contributed by atoms with Crippen molar-refractivity contribution in [3.63, 3.8) is 0 Å². The molecule has 0 amide bonds. The molecule has 25 heavy (non-hydrogen) atoms. The smallest absolute Gasteiger partial charge is 0.222 e. The molecule has 0 saturated heterocycles. The number of hydrogen-bond donors (Lipinski definition) is 3. The van der Waals surface area contributed by atoms with E-state index >= 15 is 0 Å². The Morgan fingerprint density at radius 1 is 0.960 bits per heavy atom. The molecule has 2 aromatic carbocycles. The summed E-state index contributed by atoms with van der Waals surface area (Å²) in [5, 5.41) is 20.7. The van der Waals surface area contributed by atoms with E-state index in [4.69, 9.17) is 34.7 Å². The van der Waals surface area contributed by atoms with E-state index in [2.05, 4.69) is 9.97 Å². The Balaban J connectivity index is 2.15. The Kier molecular flexibility index (Phi) is 4.36. The summed E-state index contributed by atoms with van der Waals surface area (Å²) in [7, 11) is 0. The van der Waals surface area contributed by atoms with Gasteiger partial charge in [0.2, 0.25) is 5.95 Å². The molecule has 0 aliphatic rings. The Hall–Kier alpha value is -3.01. The van der Waals surface area contributed by atoms with Crippen molar-refractivity contribution in [1.82, 2.24) is 9.97 Å². The molecular weight excluding hydrogens is 361 g/mol. The SMILES string of the molecule is N#Cc1c(N)nc(N)nc1-c1ccc(-c2cc(Cl)cc(Cl)c2)cc1O. The van der Waals surface area contributed by atoms with E-state index in [0.29, 0.717) is 21.2 Å². The number of nitriles is 1. The number of phenolic OH excluding ortho intramolecular Hbond substituents is 1. The molecular formula is C17H11Cl2N5O. The molecule has 1 aromatic heterocycles. The first-order valence-electron chi connectivity index (χ1n) is 7.02. The number of nitrogen functional groups attached to an aromatic ring is 2. The summed E-state index contributed by atoms with van der Waals surface area (Å²) in [5.74, 6) is -0.228. The second-order valence-corrected chi connectivity index (χ2v) is 6.07. The topological polar surface area (TPSA) is 122 Å². The maximum Gasteiger partial charge on any atom is 0.222 e. The Morgan fingerprint density at radius 2 is 1.64 bits per heavy atom. The zero-order valence-corrected chi connectivity index (χ0v) is 14.2. The lowest BCUT2D eigenvalue weighted by Crippen LogP contribution is -2.05. The standard InChI is InChI=1S/C17H11Cl2N5O/c18-10-3-9(4-11(19)6-10)8-1-2-12(14(25)5-8)15-13(7-20)16(21)24-17(22)23-15/h1-6,25H,(H4,21,22,23,24). The zero-order valence-electron chi connectivity index (χ0n) is 12.7. The number of phenols is 1. The molecule has 6 nitrogen and oxygen atoms in total. The van der Waals surface area contributed by atoms with Gasteiger partial charge in [0, 0.05) is 15.6 Å². The van der Waals surface area contributed by atoms with Crippen LogP contribution in [0, 0.1) is 11.3 Å². The Labute approximate surface area is 153 Å². The zero-order chi connectivity index (χ0) is 18.1. The molecule has 124 valence electrons. The number of rotatable bonds is 2. The minimum absolute atomic E-state index is 0.0445. The molecule has 0 unspecified atom stereocenters. The lowest BCUT2D eigenvalue weighted by atomic mass is 10.00. The number of benzene rings is 2. The minimum Gasteiger partial charge on any atom is -0.507 e. The van der Waals surface area contributed by atoms with E-state index in [9.17, 15) is 10.4 Å². The van der Waals surface area contributed by atoms with Crippen LogP contribution >= 0.6 is 23.2 Å².